The predicted octanol–water partition coefficient (Wildman–Crippen LogP) is 1.97. The lowest BCUT2D eigenvalue weighted by atomic mass is 9.99. The van der Waals surface area contributed by atoms with Gasteiger partial charge in [0.15, 0.2) is 0 Å². The van der Waals surface area contributed by atoms with Crippen LogP contribution in [0.3, 0.4) is 0 Å². The number of hydrogen-bond donors (Lipinski definition) is 0. The Morgan fingerprint density at radius 2 is 2.31 bits per heavy atom. The molecule has 78 valence electrons. The summed E-state index contributed by atoms with van der Waals surface area (Å²) in [6.45, 7) is 9.15. The summed E-state index contributed by atoms with van der Waals surface area (Å²) in [6.07, 6.45) is 1.22. The van der Waals surface area contributed by atoms with Gasteiger partial charge in [0, 0.05) is 25.1 Å². The Hall–Kier alpha value is 0.210. The number of nitrogens with zero attached hydrogens (tertiary/aromatic N) is 1. The van der Waals surface area contributed by atoms with E-state index in [-0.39, 0.29) is 0 Å². The van der Waals surface area contributed by atoms with Crippen LogP contribution in [0.25, 0.3) is 0 Å². The van der Waals surface area contributed by atoms with Gasteiger partial charge in [0.05, 0.1) is 6.61 Å². The van der Waals surface area contributed by atoms with E-state index in [9.17, 15) is 0 Å². The van der Waals surface area contributed by atoms with E-state index in [0.717, 1.165) is 26.3 Å². The number of piperidine rings is 1. The Bertz CT molecular complexity index is 143. The maximum atomic E-state index is 6.19. The minimum Gasteiger partial charge on any atom is -0.380 e. The van der Waals surface area contributed by atoms with E-state index < -0.39 is 0 Å². The van der Waals surface area contributed by atoms with Crippen LogP contribution >= 0.6 is 11.6 Å². The van der Waals surface area contributed by atoms with E-state index >= 15 is 0 Å². The molecule has 2 unspecified atom stereocenters. The minimum absolute atomic E-state index is 0.329. The van der Waals surface area contributed by atoms with Crippen molar-refractivity contribution in [3.63, 3.8) is 0 Å². The Labute approximate surface area is 86.2 Å². The molecule has 1 rings (SSSR count). The molecule has 0 N–H and O–H groups in total. The first-order valence-corrected chi connectivity index (χ1v) is 5.61. The fourth-order valence-corrected chi connectivity index (χ4v) is 1.95. The second kappa shape index (κ2) is 5.84. The third-order valence-electron chi connectivity index (χ3n) is 2.71. The van der Waals surface area contributed by atoms with Gasteiger partial charge in [-0.2, -0.15) is 0 Å². The van der Waals surface area contributed by atoms with Crippen LogP contribution in [0.1, 0.15) is 20.3 Å². The number of ether oxygens (including phenoxy) is 1. The zero-order valence-corrected chi connectivity index (χ0v) is 9.39. The van der Waals surface area contributed by atoms with Crippen LogP contribution in [0.5, 0.6) is 0 Å². The summed E-state index contributed by atoms with van der Waals surface area (Å²) in [6, 6.07) is 0. The largest absolute Gasteiger partial charge is 0.380 e. The average molecular weight is 206 g/mol. The van der Waals surface area contributed by atoms with Crippen LogP contribution in [-0.2, 0) is 4.74 Å². The molecule has 1 aliphatic heterocycles. The summed E-state index contributed by atoms with van der Waals surface area (Å²) in [5.74, 6) is 0.671. The fraction of sp³-hybridized carbons (Fsp3) is 1.00. The normalized spacial score (nSPS) is 30.7. The predicted molar refractivity (Wildman–Crippen MR) is 56.4 cm³/mol. The van der Waals surface area contributed by atoms with E-state index in [1.165, 1.54) is 13.0 Å². The Morgan fingerprint density at radius 1 is 1.54 bits per heavy atom. The van der Waals surface area contributed by atoms with Gasteiger partial charge in [0.25, 0.3) is 0 Å². The molecule has 0 aromatic carbocycles. The molecule has 0 bridgehead atoms. The lowest BCUT2D eigenvalue weighted by Gasteiger charge is -2.33. The maximum Gasteiger partial charge on any atom is 0.0593 e. The monoisotopic (exact) mass is 205 g/mol. The molecule has 1 aliphatic rings. The van der Waals surface area contributed by atoms with Crippen molar-refractivity contribution >= 4 is 11.6 Å². The summed E-state index contributed by atoms with van der Waals surface area (Å²) in [5.41, 5.74) is 0. The van der Waals surface area contributed by atoms with Gasteiger partial charge in [-0.25, -0.2) is 0 Å². The van der Waals surface area contributed by atoms with E-state index in [4.69, 9.17) is 16.3 Å². The third-order valence-corrected chi connectivity index (χ3v) is 3.27. The summed E-state index contributed by atoms with van der Waals surface area (Å²) in [5, 5.41) is 0.329. The van der Waals surface area contributed by atoms with Gasteiger partial charge in [-0.15, -0.1) is 11.6 Å². The van der Waals surface area contributed by atoms with Gasteiger partial charge < -0.3 is 4.74 Å². The van der Waals surface area contributed by atoms with Gasteiger partial charge in [0.1, 0.15) is 0 Å². The molecule has 0 saturated carbocycles. The first-order valence-electron chi connectivity index (χ1n) is 5.18. The standard InChI is InChI=1S/C10H20ClNO/c1-3-13-7-6-12-5-4-9(2)10(11)8-12/h9-10H,3-8H2,1-2H3. The van der Waals surface area contributed by atoms with Crippen LogP contribution in [0.2, 0.25) is 0 Å². The van der Waals surface area contributed by atoms with Gasteiger partial charge in [-0.1, -0.05) is 6.92 Å². The molecule has 1 heterocycles. The molecule has 0 amide bonds. The van der Waals surface area contributed by atoms with Crippen molar-refractivity contribution in [2.75, 3.05) is 32.8 Å². The van der Waals surface area contributed by atoms with Gasteiger partial charge >= 0.3 is 0 Å². The summed E-state index contributed by atoms with van der Waals surface area (Å²) in [4.78, 5) is 2.40. The number of hydrogen-bond acceptors (Lipinski definition) is 2. The number of alkyl halides is 1. The number of rotatable bonds is 4. The van der Waals surface area contributed by atoms with Gasteiger partial charge in [-0.05, 0) is 25.8 Å². The third kappa shape index (κ3) is 3.84. The second-order valence-electron chi connectivity index (χ2n) is 3.78. The SMILES string of the molecule is CCOCCN1CCC(C)C(Cl)C1. The highest BCUT2D eigenvalue weighted by Gasteiger charge is 2.23. The van der Waals surface area contributed by atoms with E-state index in [1.807, 2.05) is 6.92 Å². The smallest absolute Gasteiger partial charge is 0.0593 e. The quantitative estimate of drug-likeness (QED) is 0.514. The van der Waals surface area contributed by atoms with Crippen molar-refractivity contribution in [3.05, 3.63) is 0 Å². The lowest BCUT2D eigenvalue weighted by Crippen LogP contribution is -2.41. The molecule has 0 aromatic heterocycles. The van der Waals surface area contributed by atoms with Crippen LogP contribution in [-0.4, -0.2) is 43.1 Å². The minimum atomic E-state index is 0.329. The highest BCUT2D eigenvalue weighted by atomic mass is 35.5. The first kappa shape index (κ1) is 11.3. The molecule has 13 heavy (non-hydrogen) atoms. The Balaban J connectivity index is 2.14. The van der Waals surface area contributed by atoms with E-state index in [2.05, 4.69) is 11.8 Å². The van der Waals surface area contributed by atoms with Crippen LogP contribution in [0, 0.1) is 5.92 Å². The van der Waals surface area contributed by atoms with Crippen molar-refractivity contribution in [1.29, 1.82) is 0 Å². The zero-order valence-electron chi connectivity index (χ0n) is 8.63. The topological polar surface area (TPSA) is 12.5 Å². The average Bonchev–Trinajstić information content (AvgIpc) is 2.12. The molecular weight excluding hydrogens is 186 g/mol. The summed E-state index contributed by atoms with van der Waals surface area (Å²) in [7, 11) is 0. The number of halogens is 1. The highest BCUT2D eigenvalue weighted by Crippen LogP contribution is 2.21. The van der Waals surface area contributed by atoms with Gasteiger partial charge in [0.2, 0.25) is 0 Å². The molecule has 0 spiro atoms. The molecule has 1 fully saturated rings. The van der Waals surface area contributed by atoms with Crippen molar-refractivity contribution in [3.8, 4) is 0 Å². The fourth-order valence-electron chi connectivity index (χ4n) is 1.63. The van der Waals surface area contributed by atoms with Crippen molar-refractivity contribution in [1.82, 2.24) is 4.90 Å². The molecule has 1 saturated heterocycles. The van der Waals surface area contributed by atoms with Crippen LogP contribution in [0.4, 0.5) is 0 Å². The van der Waals surface area contributed by atoms with Crippen LogP contribution < -0.4 is 0 Å². The Kier molecular flexibility index (Phi) is 5.07. The van der Waals surface area contributed by atoms with Crippen LogP contribution in [0.15, 0.2) is 0 Å². The second-order valence-corrected chi connectivity index (χ2v) is 4.34. The van der Waals surface area contributed by atoms with Crippen molar-refractivity contribution in [2.24, 2.45) is 5.92 Å². The summed E-state index contributed by atoms with van der Waals surface area (Å²) >= 11 is 6.19. The van der Waals surface area contributed by atoms with E-state index in [1.54, 1.807) is 0 Å². The molecule has 0 aliphatic carbocycles. The molecule has 0 radical (unpaired) electrons. The molecule has 2 nitrogen and oxygen atoms in total. The highest BCUT2D eigenvalue weighted by molar-refractivity contribution is 6.21. The summed E-state index contributed by atoms with van der Waals surface area (Å²) < 4.78 is 5.31. The van der Waals surface area contributed by atoms with Gasteiger partial charge in [-0.3, -0.25) is 4.90 Å². The lowest BCUT2D eigenvalue weighted by molar-refractivity contribution is 0.0988. The molecular formula is C10H20ClNO. The molecule has 2 atom stereocenters. The van der Waals surface area contributed by atoms with E-state index in [0.29, 0.717) is 11.3 Å². The van der Waals surface area contributed by atoms with Crippen molar-refractivity contribution in [2.45, 2.75) is 25.6 Å². The number of likely N-dealkylation sites (tertiary alicyclic amines) is 1. The molecule has 0 aromatic rings. The van der Waals surface area contributed by atoms with Crippen molar-refractivity contribution < 1.29 is 4.74 Å². The molecule has 3 heteroatoms. The first-order chi connectivity index (χ1) is 6.24. The zero-order chi connectivity index (χ0) is 9.68. The Morgan fingerprint density at radius 3 is 2.92 bits per heavy atom. The maximum absolute atomic E-state index is 6.19.